The monoisotopic (exact) mass is 226 g/mol. The maximum absolute atomic E-state index is 2.18. The van der Waals surface area contributed by atoms with E-state index in [0.29, 0.717) is 0 Å². The average molecular weight is 226 g/mol. The van der Waals surface area contributed by atoms with Gasteiger partial charge in [-0.3, -0.25) is 0 Å². The minimum Gasteiger partial charge on any atom is -0.161 e. The van der Waals surface area contributed by atoms with E-state index in [2.05, 4.69) is 66.4 Å². The summed E-state index contributed by atoms with van der Waals surface area (Å²) in [4.78, 5) is 1.31. The minimum atomic E-state index is 1.26. The van der Waals surface area contributed by atoms with Gasteiger partial charge < -0.3 is 0 Å². The number of rotatable bonds is 0. The van der Waals surface area contributed by atoms with Crippen molar-refractivity contribution in [2.75, 3.05) is 0 Å². The van der Waals surface area contributed by atoms with Gasteiger partial charge in [-0.05, 0) is 36.4 Å². The Kier molecular flexibility index (Phi) is 2.29. The molecule has 0 N–H and O–H groups in total. The molecule has 0 atom stereocenters. The van der Waals surface area contributed by atoms with E-state index in [1.807, 2.05) is 11.8 Å². The Morgan fingerprint density at radius 3 is 2.88 bits per heavy atom. The highest BCUT2D eigenvalue weighted by molar-refractivity contribution is 7.99. The third-order valence-corrected chi connectivity index (χ3v) is 3.78. The summed E-state index contributed by atoms with van der Waals surface area (Å²) in [5, 5.41) is 1.26. The van der Waals surface area contributed by atoms with Gasteiger partial charge in [-0.2, -0.15) is 4.57 Å². The molecule has 1 aliphatic rings. The Morgan fingerprint density at radius 2 is 1.94 bits per heavy atom. The zero-order valence-electron chi connectivity index (χ0n) is 9.05. The van der Waals surface area contributed by atoms with Crippen molar-refractivity contribution in [2.45, 2.75) is 16.8 Å². The van der Waals surface area contributed by atoms with Crippen LogP contribution in [-0.2, 0) is 0 Å². The molecule has 0 bridgehead atoms. The van der Waals surface area contributed by atoms with E-state index in [0.717, 1.165) is 0 Å². The van der Waals surface area contributed by atoms with Gasteiger partial charge in [0.1, 0.15) is 0 Å². The summed E-state index contributed by atoms with van der Waals surface area (Å²) in [6.45, 7) is 2.11. The number of nitrogens with zero attached hydrogens (tertiary/aromatic N) is 1. The largest absolute Gasteiger partial charge is 0.250 e. The zero-order valence-corrected chi connectivity index (χ0v) is 9.87. The van der Waals surface area contributed by atoms with Crippen LogP contribution in [0.1, 0.15) is 11.1 Å². The molecular formula is C14H12NS+. The van der Waals surface area contributed by atoms with Crippen LogP contribution < -0.4 is 4.57 Å². The quantitative estimate of drug-likeness (QED) is 0.531. The van der Waals surface area contributed by atoms with Crippen molar-refractivity contribution in [2.24, 2.45) is 0 Å². The third kappa shape index (κ3) is 1.65. The van der Waals surface area contributed by atoms with E-state index in [9.17, 15) is 0 Å². The van der Waals surface area contributed by atoms with Crippen LogP contribution in [-0.4, -0.2) is 0 Å². The molecule has 0 saturated heterocycles. The molecule has 1 aromatic carbocycles. The first-order valence-electron chi connectivity index (χ1n) is 5.30. The summed E-state index contributed by atoms with van der Waals surface area (Å²) in [7, 11) is 0. The second-order valence-corrected chi connectivity index (χ2v) is 4.97. The van der Waals surface area contributed by atoms with Crippen LogP contribution in [0.3, 0.4) is 0 Å². The number of pyridine rings is 1. The Bertz CT molecular complexity index is 573. The van der Waals surface area contributed by atoms with Gasteiger partial charge in [0, 0.05) is 22.6 Å². The first-order chi connectivity index (χ1) is 7.83. The lowest BCUT2D eigenvalue weighted by atomic mass is 10.2. The highest BCUT2D eigenvalue weighted by Gasteiger charge is 2.15. The van der Waals surface area contributed by atoms with E-state index in [1.165, 1.54) is 21.0 Å². The summed E-state index contributed by atoms with van der Waals surface area (Å²) in [5.41, 5.74) is 2.56. The number of aromatic nitrogens is 1. The lowest BCUT2D eigenvalue weighted by molar-refractivity contribution is -0.609. The molecule has 2 aromatic rings. The zero-order chi connectivity index (χ0) is 11.0. The Balaban J connectivity index is 2.17. The van der Waals surface area contributed by atoms with Crippen LogP contribution >= 0.6 is 11.8 Å². The van der Waals surface area contributed by atoms with Gasteiger partial charge >= 0.3 is 0 Å². The second-order valence-electron chi connectivity index (χ2n) is 3.91. The van der Waals surface area contributed by atoms with Crippen LogP contribution in [0, 0.1) is 6.92 Å². The van der Waals surface area contributed by atoms with E-state index < -0.39 is 0 Å². The molecule has 1 aromatic heterocycles. The lowest BCUT2D eigenvalue weighted by Crippen LogP contribution is -2.28. The smallest absolute Gasteiger partial charge is 0.161 e. The standard InChI is InChI=1S/C14H12NS/c1-11-6-7-14-15(10-11)9-8-12-4-2-3-5-13(12)16-14/h2-10H,1H3/q+1. The molecule has 0 saturated carbocycles. The number of aryl methyl sites for hydroxylation is 1. The van der Waals surface area contributed by atoms with Crippen molar-refractivity contribution in [3.8, 4) is 0 Å². The summed E-state index contributed by atoms with van der Waals surface area (Å²) in [6, 6.07) is 12.8. The summed E-state index contributed by atoms with van der Waals surface area (Å²) in [6.07, 6.45) is 6.45. The van der Waals surface area contributed by atoms with Crippen molar-refractivity contribution in [1.82, 2.24) is 0 Å². The fourth-order valence-corrected chi connectivity index (χ4v) is 2.78. The first kappa shape index (κ1) is 9.67. The SMILES string of the molecule is Cc1ccc2[n+](c1)C=Cc1ccccc1S2. The number of fused-ring (bicyclic) bond motifs is 2. The van der Waals surface area contributed by atoms with Crippen molar-refractivity contribution in [1.29, 1.82) is 0 Å². The Labute approximate surface area is 99.4 Å². The maximum Gasteiger partial charge on any atom is 0.250 e. The van der Waals surface area contributed by atoms with Crippen LogP contribution in [0.15, 0.2) is 52.5 Å². The fourth-order valence-electron chi connectivity index (χ4n) is 1.80. The predicted molar refractivity (Wildman–Crippen MR) is 67.2 cm³/mol. The normalized spacial score (nSPS) is 12.8. The van der Waals surface area contributed by atoms with Crippen molar-refractivity contribution in [3.05, 3.63) is 53.7 Å². The van der Waals surface area contributed by atoms with Gasteiger partial charge in [0.2, 0.25) is 5.03 Å². The molecule has 0 spiro atoms. The number of benzene rings is 1. The van der Waals surface area contributed by atoms with Gasteiger partial charge in [0.05, 0.1) is 0 Å². The summed E-state index contributed by atoms with van der Waals surface area (Å²) in [5.74, 6) is 0. The third-order valence-electron chi connectivity index (χ3n) is 2.63. The van der Waals surface area contributed by atoms with Crippen LogP contribution in [0.5, 0.6) is 0 Å². The molecule has 0 fully saturated rings. The Morgan fingerprint density at radius 1 is 1.06 bits per heavy atom. The number of hydrogen-bond acceptors (Lipinski definition) is 1. The van der Waals surface area contributed by atoms with Crippen molar-refractivity contribution in [3.63, 3.8) is 0 Å². The van der Waals surface area contributed by atoms with Gasteiger partial charge in [-0.1, -0.05) is 18.2 Å². The molecule has 3 rings (SSSR count). The molecule has 2 heteroatoms. The molecule has 2 heterocycles. The maximum atomic E-state index is 2.18. The molecule has 16 heavy (non-hydrogen) atoms. The van der Waals surface area contributed by atoms with E-state index in [-0.39, 0.29) is 0 Å². The molecular weight excluding hydrogens is 214 g/mol. The molecule has 78 valence electrons. The van der Waals surface area contributed by atoms with E-state index >= 15 is 0 Å². The molecule has 1 nitrogen and oxygen atoms in total. The molecule has 0 radical (unpaired) electrons. The predicted octanol–water partition coefficient (Wildman–Crippen LogP) is 3.38. The Hall–Kier alpha value is -1.54. The van der Waals surface area contributed by atoms with E-state index in [4.69, 9.17) is 0 Å². The molecule has 0 unspecified atom stereocenters. The van der Waals surface area contributed by atoms with Gasteiger partial charge in [0.25, 0.3) is 0 Å². The van der Waals surface area contributed by atoms with Crippen LogP contribution in [0.25, 0.3) is 12.3 Å². The van der Waals surface area contributed by atoms with E-state index in [1.54, 1.807) is 0 Å². The van der Waals surface area contributed by atoms with Crippen molar-refractivity contribution >= 4 is 24.0 Å². The van der Waals surface area contributed by atoms with Gasteiger partial charge in [-0.25, -0.2) is 0 Å². The lowest BCUT2D eigenvalue weighted by Gasteiger charge is -2.00. The fraction of sp³-hybridized carbons (Fsp3) is 0.0714. The molecule has 0 aliphatic carbocycles. The minimum absolute atomic E-state index is 1.26. The van der Waals surface area contributed by atoms with Crippen molar-refractivity contribution < 1.29 is 4.57 Å². The average Bonchev–Trinajstić information content (AvgIpc) is 2.48. The second kappa shape index (κ2) is 3.80. The molecule has 0 amide bonds. The van der Waals surface area contributed by atoms with Gasteiger partial charge in [-0.15, -0.1) is 0 Å². The first-order valence-corrected chi connectivity index (χ1v) is 6.11. The highest BCUT2D eigenvalue weighted by Crippen LogP contribution is 2.30. The molecule has 1 aliphatic heterocycles. The topological polar surface area (TPSA) is 3.88 Å². The summed E-state index contributed by atoms with van der Waals surface area (Å²) >= 11 is 1.81. The highest BCUT2D eigenvalue weighted by atomic mass is 32.2. The van der Waals surface area contributed by atoms with Crippen LogP contribution in [0.4, 0.5) is 0 Å². The number of hydrogen-bond donors (Lipinski definition) is 0. The van der Waals surface area contributed by atoms with Gasteiger partial charge in [0.15, 0.2) is 12.4 Å². The summed E-state index contributed by atoms with van der Waals surface area (Å²) < 4.78 is 2.18. The van der Waals surface area contributed by atoms with Crippen LogP contribution in [0.2, 0.25) is 0 Å².